The van der Waals surface area contributed by atoms with Crippen LogP contribution in [-0.2, 0) is 13.0 Å². The molecule has 100 valence electrons. The van der Waals surface area contributed by atoms with Crippen molar-refractivity contribution in [3.8, 4) is 0 Å². The van der Waals surface area contributed by atoms with Crippen LogP contribution in [0.1, 0.15) is 18.1 Å². The lowest BCUT2D eigenvalue weighted by atomic mass is 10.1. The molecule has 2 rings (SSSR count). The molecule has 0 spiro atoms. The van der Waals surface area contributed by atoms with Gasteiger partial charge in [-0.05, 0) is 29.7 Å². The number of aryl methyl sites for hydroxylation is 1. The van der Waals surface area contributed by atoms with E-state index < -0.39 is 5.82 Å². The van der Waals surface area contributed by atoms with Crippen molar-refractivity contribution in [3.05, 3.63) is 63.4 Å². The Labute approximate surface area is 122 Å². The van der Waals surface area contributed by atoms with Gasteiger partial charge in [0.1, 0.15) is 5.82 Å². The van der Waals surface area contributed by atoms with Crippen LogP contribution in [0.2, 0.25) is 10.0 Å². The highest BCUT2D eigenvalue weighted by Gasteiger charge is 2.08. The van der Waals surface area contributed by atoms with Crippen molar-refractivity contribution < 1.29 is 4.39 Å². The minimum Gasteiger partial charge on any atom is -0.379 e. The summed E-state index contributed by atoms with van der Waals surface area (Å²) in [7, 11) is 0. The second-order valence-electron chi connectivity index (χ2n) is 4.22. The Hall–Kier alpha value is -1.25. The number of hydrogen-bond acceptors (Lipinski definition) is 1. The van der Waals surface area contributed by atoms with Crippen LogP contribution in [0.25, 0.3) is 0 Å². The van der Waals surface area contributed by atoms with Crippen molar-refractivity contribution >= 4 is 28.9 Å². The molecule has 0 radical (unpaired) electrons. The Bertz CT molecular complexity index is 561. The van der Waals surface area contributed by atoms with Crippen LogP contribution in [0, 0.1) is 5.82 Å². The summed E-state index contributed by atoms with van der Waals surface area (Å²) in [5, 5.41) is 3.75. The first-order valence-corrected chi connectivity index (χ1v) is 6.82. The monoisotopic (exact) mass is 297 g/mol. The summed E-state index contributed by atoms with van der Waals surface area (Å²) < 4.78 is 13.1. The molecule has 1 nitrogen and oxygen atoms in total. The van der Waals surface area contributed by atoms with Crippen molar-refractivity contribution in [2.45, 2.75) is 19.9 Å². The van der Waals surface area contributed by atoms with E-state index in [2.05, 4.69) is 24.4 Å². The quantitative estimate of drug-likeness (QED) is 0.807. The van der Waals surface area contributed by atoms with Crippen LogP contribution in [0.15, 0.2) is 36.4 Å². The molecule has 0 aliphatic carbocycles. The molecular weight excluding hydrogens is 284 g/mol. The summed E-state index contributed by atoms with van der Waals surface area (Å²) in [4.78, 5) is 0. The highest BCUT2D eigenvalue weighted by molar-refractivity contribution is 6.39. The van der Waals surface area contributed by atoms with Crippen molar-refractivity contribution in [1.29, 1.82) is 0 Å². The lowest BCUT2D eigenvalue weighted by Gasteiger charge is -2.13. The zero-order valence-corrected chi connectivity index (χ0v) is 12.0. The Morgan fingerprint density at radius 2 is 1.63 bits per heavy atom. The molecule has 0 saturated carbocycles. The maximum atomic E-state index is 13.1. The van der Waals surface area contributed by atoms with E-state index in [1.807, 2.05) is 12.1 Å². The zero-order valence-electron chi connectivity index (χ0n) is 10.5. The third-order valence-electron chi connectivity index (χ3n) is 2.96. The van der Waals surface area contributed by atoms with Gasteiger partial charge in [-0.1, -0.05) is 54.4 Å². The lowest BCUT2D eigenvalue weighted by molar-refractivity contribution is 0.628. The van der Waals surface area contributed by atoms with Gasteiger partial charge in [0, 0.05) is 6.54 Å². The van der Waals surface area contributed by atoms with Gasteiger partial charge in [-0.2, -0.15) is 0 Å². The van der Waals surface area contributed by atoms with Crippen LogP contribution in [0.4, 0.5) is 10.1 Å². The van der Waals surface area contributed by atoms with Crippen LogP contribution in [0.3, 0.4) is 0 Å². The second kappa shape index (κ2) is 6.27. The minimum atomic E-state index is -0.436. The molecular formula is C15H14Cl2FN. The summed E-state index contributed by atoms with van der Waals surface area (Å²) in [6.45, 7) is 2.71. The van der Waals surface area contributed by atoms with E-state index >= 15 is 0 Å². The molecule has 2 aromatic rings. The molecule has 1 N–H and O–H groups in total. The Morgan fingerprint density at radius 1 is 1.05 bits per heavy atom. The summed E-state index contributed by atoms with van der Waals surface area (Å²) in [6, 6.07) is 10.6. The summed E-state index contributed by atoms with van der Waals surface area (Å²) in [6.07, 6.45) is 0.961. The van der Waals surface area contributed by atoms with Crippen molar-refractivity contribution in [2.75, 3.05) is 5.32 Å². The first-order chi connectivity index (χ1) is 9.11. The first-order valence-electron chi connectivity index (χ1n) is 6.07. The number of benzene rings is 2. The predicted molar refractivity (Wildman–Crippen MR) is 79.6 cm³/mol. The molecule has 4 heteroatoms. The molecule has 0 fully saturated rings. The molecule has 0 aliphatic rings. The van der Waals surface area contributed by atoms with Crippen LogP contribution < -0.4 is 5.32 Å². The van der Waals surface area contributed by atoms with E-state index in [4.69, 9.17) is 23.2 Å². The summed E-state index contributed by atoms with van der Waals surface area (Å²) >= 11 is 12.0. The van der Waals surface area contributed by atoms with Crippen molar-refractivity contribution in [2.24, 2.45) is 0 Å². The van der Waals surface area contributed by atoms with Crippen LogP contribution >= 0.6 is 23.2 Å². The van der Waals surface area contributed by atoms with Gasteiger partial charge in [-0.15, -0.1) is 0 Å². The number of rotatable bonds is 4. The molecule has 2 aromatic carbocycles. The van der Waals surface area contributed by atoms with Crippen LogP contribution in [-0.4, -0.2) is 0 Å². The topological polar surface area (TPSA) is 12.0 Å². The first kappa shape index (κ1) is 14.2. The summed E-state index contributed by atoms with van der Waals surface area (Å²) in [5.41, 5.74) is 3.02. The fourth-order valence-corrected chi connectivity index (χ4v) is 2.56. The molecule has 0 amide bonds. The summed E-state index contributed by atoms with van der Waals surface area (Å²) in [5.74, 6) is -0.436. The molecule has 0 saturated heterocycles. The highest BCUT2D eigenvalue weighted by Crippen LogP contribution is 2.31. The number of anilines is 1. The molecule has 0 bridgehead atoms. The second-order valence-corrected chi connectivity index (χ2v) is 5.03. The minimum absolute atomic E-state index is 0.291. The van der Waals surface area contributed by atoms with Gasteiger partial charge in [0.05, 0.1) is 15.7 Å². The number of halogens is 3. The van der Waals surface area contributed by atoms with Crippen LogP contribution in [0.5, 0.6) is 0 Å². The smallest absolute Gasteiger partial charge is 0.126 e. The maximum absolute atomic E-state index is 13.1. The molecule has 0 aliphatic heterocycles. The maximum Gasteiger partial charge on any atom is 0.126 e. The lowest BCUT2D eigenvalue weighted by Crippen LogP contribution is -2.03. The molecule has 0 unspecified atom stereocenters. The largest absolute Gasteiger partial charge is 0.379 e. The SMILES string of the molecule is CCc1ccccc1CNc1c(Cl)cc(F)cc1Cl. The Morgan fingerprint density at radius 3 is 2.21 bits per heavy atom. The van der Waals surface area contributed by atoms with Crippen molar-refractivity contribution in [3.63, 3.8) is 0 Å². The van der Waals surface area contributed by atoms with Gasteiger partial charge in [0.2, 0.25) is 0 Å². The predicted octanol–water partition coefficient (Wildman–Crippen LogP) is 5.31. The van der Waals surface area contributed by atoms with Gasteiger partial charge in [-0.25, -0.2) is 4.39 Å². The van der Waals surface area contributed by atoms with E-state index in [0.717, 1.165) is 6.42 Å². The van der Waals surface area contributed by atoms with Gasteiger partial charge < -0.3 is 5.32 Å². The standard InChI is InChI=1S/C15H14Cl2FN/c1-2-10-5-3-4-6-11(10)9-19-15-13(16)7-12(18)8-14(15)17/h3-8,19H,2,9H2,1H3. The van der Waals surface area contributed by atoms with E-state index in [0.29, 0.717) is 22.3 Å². The van der Waals surface area contributed by atoms with E-state index in [1.165, 1.54) is 23.3 Å². The van der Waals surface area contributed by atoms with Gasteiger partial charge >= 0.3 is 0 Å². The average molecular weight is 298 g/mol. The fraction of sp³-hybridized carbons (Fsp3) is 0.200. The number of hydrogen-bond donors (Lipinski definition) is 1. The normalized spacial score (nSPS) is 10.5. The fourth-order valence-electron chi connectivity index (χ4n) is 1.97. The highest BCUT2D eigenvalue weighted by atomic mass is 35.5. The van der Waals surface area contributed by atoms with Crippen molar-refractivity contribution in [1.82, 2.24) is 0 Å². The zero-order chi connectivity index (χ0) is 13.8. The number of nitrogens with one attached hydrogen (secondary N) is 1. The molecule has 0 aromatic heterocycles. The molecule has 0 atom stereocenters. The average Bonchev–Trinajstić information content (AvgIpc) is 2.38. The Balaban J connectivity index is 2.19. The third kappa shape index (κ3) is 3.40. The van der Waals surface area contributed by atoms with E-state index in [-0.39, 0.29) is 0 Å². The van der Waals surface area contributed by atoms with Gasteiger partial charge in [-0.3, -0.25) is 0 Å². The third-order valence-corrected chi connectivity index (χ3v) is 3.56. The van der Waals surface area contributed by atoms with E-state index in [1.54, 1.807) is 0 Å². The Kier molecular flexibility index (Phi) is 4.67. The van der Waals surface area contributed by atoms with E-state index in [9.17, 15) is 4.39 Å². The van der Waals surface area contributed by atoms with Gasteiger partial charge in [0.15, 0.2) is 0 Å². The van der Waals surface area contributed by atoms with Gasteiger partial charge in [0.25, 0.3) is 0 Å². The molecule has 0 heterocycles. The molecule has 19 heavy (non-hydrogen) atoms.